The Bertz CT molecular complexity index is 452. The number of aromatic nitrogens is 1. The van der Waals surface area contributed by atoms with E-state index in [1.807, 2.05) is 0 Å². The Hall–Kier alpha value is -0.990. The third-order valence-electron chi connectivity index (χ3n) is 5.39. The molecule has 1 aromatic heterocycles. The quantitative estimate of drug-likeness (QED) is 0.882. The van der Waals surface area contributed by atoms with Gasteiger partial charge in [-0.25, -0.2) is 0 Å². The van der Waals surface area contributed by atoms with E-state index in [9.17, 15) is 0 Å². The highest BCUT2D eigenvalue weighted by atomic mass is 16.5. The van der Waals surface area contributed by atoms with Crippen LogP contribution in [-0.2, 0) is 6.42 Å². The summed E-state index contributed by atoms with van der Waals surface area (Å²) in [5, 5.41) is 4.33. The lowest BCUT2D eigenvalue weighted by molar-refractivity contribution is 0.152. The fourth-order valence-corrected chi connectivity index (χ4v) is 4.39. The number of rotatable bonds is 3. The number of nitrogen functional groups attached to an aromatic ring is 1. The number of hydrogen-bond acceptors (Lipinski definition) is 3. The molecule has 2 fully saturated rings. The van der Waals surface area contributed by atoms with E-state index in [-0.39, 0.29) is 0 Å². The number of fused-ring (bicyclic) bond motifs is 1. The van der Waals surface area contributed by atoms with Gasteiger partial charge < -0.3 is 10.3 Å². The average molecular weight is 276 g/mol. The summed E-state index contributed by atoms with van der Waals surface area (Å²) in [6, 6.07) is 0. The van der Waals surface area contributed by atoms with Crippen LogP contribution in [0.15, 0.2) is 4.52 Å². The Kier molecular flexibility index (Phi) is 4.04. The molecule has 0 saturated heterocycles. The van der Waals surface area contributed by atoms with Crippen LogP contribution in [-0.4, -0.2) is 5.16 Å². The van der Waals surface area contributed by atoms with E-state index in [4.69, 9.17) is 10.3 Å². The molecule has 3 rings (SSSR count). The zero-order chi connectivity index (χ0) is 14.1. The van der Waals surface area contributed by atoms with Crippen molar-refractivity contribution in [3.05, 3.63) is 11.3 Å². The van der Waals surface area contributed by atoms with Gasteiger partial charge in [0.2, 0.25) is 5.88 Å². The summed E-state index contributed by atoms with van der Waals surface area (Å²) in [5.41, 5.74) is 8.37. The predicted molar refractivity (Wildman–Crippen MR) is 81.5 cm³/mol. The van der Waals surface area contributed by atoms with Crippen LogP contribution >= 0.6 is 0 Å². The van der Waals surface area contributed by atoms with Crippen molar-refractivity contribution >= 4 is 5.88 Å². The molecule has 3 atom stereocenters. The summed E-state index contributed by atoms with van der Waals surface area (Å²) in [6.07, 6.45) is 10.7. The molecule has 2 aliphatic rings. The highest BCUT2D eigenvalue weighted by molar-refractivity contribution is 5.41. The van der Waals surface area contributed by atoms with Crippen molar-refractivity contribution in [2.24, 2.45) is 17.8 Å². The van der Waals surface area contributed by atoms with Gasteiger partial charge in [-0.3, -0.25) is 0 Å². The van der Waals surface area contributed by atoms with Gasteiger partial charge in [-0.2, -0.15) is 0 Å². The van der Waals surface area contributed by atoms with Crippen LogP contribution in [0.3, 0.4) is 0 Å². The fourth-order valence-electron chi connectivity index (χ4n) is 4.39. The molecule has 0 spiro atoms. The molecule has 0 aromatic carbocycles. The van der Waals surface area contributed by atoms with Gasteiger partial charge in [0.1, 0.15) is 0 Å². The van der Waals surface area contributed by atoms with E-state index in [0.29, 0.717) is 17.7 Å². The molecule has 1 aromatic rings. The molecule has 0 radical (unpaired) electrons. The summed E-state index contributed by atoms with van der Waals surface area (Å²) >= 11 is 0. The van der Waals surface area contributed by atoms with Gasteiger partial charge in [-0.1, -0.05) is 44.7 Å². The van der Waals surface area contributed by atoms with Gasteiger partial charge in [0.15, 0.2) is 0 Å². The first-order chi connectivity index (χ1) is 9.65. The topological polar surface area (TPSA) is 52.0 Å². The van der Waals surface area contributed by atoms with Crippen LogP contribution < -0.4 is 5.73 Å². The highest BCUT2D eigenvalue weighted by Gasteiger charge is 2.35. The monoisotopic (exact) mass is 276 g/mol. The van der Waals surface area contributed by atoms with E-state index in [0.717, 1.165) is 18.3 Å². The van der Waals surface area contributed by atoms with E-state index in [1.54, 1.807) is 0 Å². The Morgan fingerprint density at radius 2 is 1.90 bits per heavy atom. The summed E-state index contributed by atoms with van der Waals surface area (Å²) in [7, 11) is 0. The minimum Gasteiger partial charge on any atom is -0.367 e. The van der Waals surface area contributed by atoms with E-state index in [2.05, 4.69) is 19.0 Å². The first kappa shape index (κ1) is 14.0. The third-order valence-corrected chi connectivity index (χ3v) is 5.39. The Labute approximate surface area is 122 Å². The third kappa shape index (κ3) is 2.72. The molecular weight excluding hydrogens is 248 g/mol. The average Bonchev–Trinajstić information content (AvgIpc) is 2.79. The van der Waals surface area contributed by atoms with Gasteiger partial charge in [0.05, 0.1) is 5.69 Å². The maximum absolute atomic E-state index is 6.00. The molecule has 3 unspecified atom stereocenters. The lowest BCUT2D eigenvalue weighted by Gasteiger charge is -2.39. The van der Waals surface area contributed by atoms with Crippen molar-refractivity contribution in [2.45, 2.75) is 71.1 Å². The second-order valence-electron chi connectivity index (χ2n) is 7.32. The molecule has 3 heteroatoms. The van der Waals surface area contributed by atoms with Crippen molar-refractivity contribution in [3.8, 4) is 0 Å². The molecular formula is C17H28N2O. The van der Waals surface area contributed by atoms with Crippen LogP contribution in [0.4, 0.5) is 5.88 Å². The van der Waals surface area contributed by atoms with E-state index < -0.39 is 0 Å². The molecule has 0 aliphatic heterocycles. The zero-order valence-electron chi connectivity index (χ0n) is 12.9. The molecule has 2 N–H and O–H groups in total. The SMILES string of the molecule is CC(C)Cc1c(C2CCC3CCCCC3C2)noc1N. The first-order valence-electron chi connectivity index (χ1n) is 8.39. The van der Waals surface area contributed by atoms with Crippen LogP contribution in [0.25, 0.3) is 0 Å². The van der Waals surface area contributed by atoms with Gasteiger partial charge >= 0.3 is 0 Å². The molecule has 0 amide bonds. The largest absolute Gasteiger partial charge is 0.367 e. The molecule has 20 heavy (non-hydrogen) atoms. The molecule has 1 heterocycles. The Morgan fingerprint density at radius 1 is 1.15 bits per heavy atom. The van der Waals surface area contributed by atoms with Gasteiger partial charge in [-0.15, -0.1) is 0 Å². The number of anilines is 1. The molecule has 2 saturated carbocycles. The van der Waals surface area contributed by atoms with Crippen LogP contribution in [0.2, 0.25) is 0 Å². The van der Waals surface area contributed by atoms with Crippen molar-refractivity contribution in [1.29, 1.82) is 0 Å². The minimum absolute atomic E-state index is 0.555. The van der Waals surface area contributed by atoms with Crippen molar-refractivity contribution in [2.75, 3.05) is 5.73 Å². The highest BCUT2D eigenvalue weighted by Crippen LogP contribution is 2.46. The van der Waals surface area contributed by atoms with Gasteiger partial charge in [0, 0.05) is 11.5 Å². The maximum atomic E-state index is 6.00. The summed E-state index contributed by atoms with van der Waals surface area (Å²) in [4.78, 5) is 0. The number of hydrogen-bond donors (Lipinski definition) is 1. The molecule has 3 nitrogen and oxygen atoms in total. The van der Waals surface area contributed by atoms with Gasteiger partial charge in [-0.05, 0) is 43.4 Å². The molecule has 112 valence electrons. The normalized spacial score (nSPS) is 30.4. The Morgan fingerprint density at radius 3 is 2.65 bits per heavy atom. The smallest absolute Gasteiger partial charge is 0.225 e. The fraction of sp³-hybridized carbons (Fsp3) is 0.824. The van der Waals surface area contributed by atoms with Crippen molar-refractivity contribution in [3.63, 3.8) is 0 Å². The van der Waals surface area contributed by atoms with Crippen LogP contribution in [0, 0.1) is 17.8 Å². The molecule has 0 bridgehead atoms. The van der Waals surface area contributed by atoms with Crippen LogP contribution in [0.1, 0.15) is 76.0 Å². The number of nitrogens with two attached hydrogens (primary N) is 1. The Balaban J connectivity index is 1.76. The molecule has 2 aliphatic carbocycles. The summed E-state index contributed by atoms with van der Waals surface area (Å²) in [5.74, 6) is 3.65. The van der Waals surface area contributed by atoms with Crippen molar-refractivity contribution in [1.82, 2.24) is 5.16 Å². The van der Waals surface area contributed by atoms with Crippen LogP contribution in [0.5, 0.6) is 0 Å². The summed E-state index contributed by atoms with van der Waals surface area (Å²) in [6.45, 7) is 4.46. The van der Waals surface area contributed by atoms with E-state index in [1.165, 1.54) is 56.2 Å². The standard InChI is InChI=1S/C17H28N2O/c1-11(2)9-15-16(19-20-17(15)18)14-8-7-12-5-3-4-6-13(12)10-14/h11-14H,3-10,18H2,1-2H3. The minimum atomic E-state index is 0.555. The first-order valence-corrected chi connectivity index (χ1v) is 8.39. The lowest BCUT2D eigenvalue weighted by Crippen LogP contribution is -2.27. The lowest BCUT2D eigenvalue weighted by atomic mass is 9.66. The summed E-state index contributed by atoms with van der Waals surface area (Å²) < 4.78 is 5.31. The number of nitrogens with zero attached hydrogens (tertiary/aromatic N) is 1. The second-order valence-corrected chi connectivity index (χ2v) is 7.32. The maximum Gasteiger partial charge on any atom is 0.225 e. The van der Waals surface area contributed by atoms with Gasteiger partial charge in [0.25, 0.3) is 0 Å². The van der Waals surface area contributed by atoms with Crippen molar-refractivity contribution < 1.29 is 4.52 Å². The van der Waals surface area contributed by atoms with E-state index >= 15 is 0 Å². The second kappa shape index (κ2) is 5.79. The predicted octanol–water partition coefficient (Wildman–Crippen LogP) is 4.53. The zero-order valence-corrected chi connectivity index (χ0v) is 12.9.